The largest absolute Gasteiger partial charge is 0.481 e. The standard InChI is InChI=1S/C7H12O4.Yb/c8-6(9)4-2-1-3-5-7(10)11;/h1-5H2,(H,8,9)(H,10,11);. The zero-order valence-corrected chi connectivity index (χ0v) is 8.23. The number of unbranched alkanes of at least 4 members (excludes halogenated alkanes) is 2. The van der Waals surface area contributed by atoms with Crippen molar-refractivity contribution in [1.82, 2.24) is 0 Å². The molecular weight excluding hydrogens is 321 g/mol. The summed E-state index contributed by atoms with van der Waals surface area (Å²) in [6, 6.07) is 0. The monoisotopic (exact) mass is 334 g/mol. The van der Waals surface area contributed by atoms with Gasteiger partial charge in [0.15, 0.2) is 0 Å². The number of carboxylic acid groups (broad SMARTS) is 2. The van der Waals surface area contributed by atoms with Gasteiger partial charge in [0.25, 0.3) is 0 Å². The molecule has 0 aromatic heterocycles. The van der Waals surface area contributed by atoms with Crippen LogP contribution < -0.4 is 0 Å². The van der Waals surface area contributed by atoms with Crippen molar-refractivity contribution in [3.63, 3.8) is 0 Å². The van der Waals surface area contributed by atoms with Crippen LogP contribution in [-0.4, -0.2) is 22.2 Å². The first-order valence-corrected chi connectivity index (χ1v) is 3.56. The maximum absolute atomic E-state index is 9.98. The summed E-state index contributed by atoms with van der Waals surface area (Å²) in [4.78, 5) is 20.0. The van der Waals surface area contributed by atoms with E-state index in [0.717, 1.165) is 0 Å². The van der Waals surface area contributed by atoms with E-state index in [0.29, 0.717) is 19.3 Å². The Balaban J connectivity index is 0. The van der Waals surface area contributed by atoms with Gasteiger partial charge in [-0.3, -0.25) is 9.59 Å². The summed E-state index contributed by atoms with van der Waals surface area (Å²) in [6.45, 7) is 0. The first-order valence-electron chi connectivity index (χ1n) is 3.56. The second kappa shape index (κ2) is 9.55. The summed E-state index contributed by atoms with van der Waals surface area (Å²) in [6.07, 6.45) is 2.10. The molecule has 4 nitrogen and oxygen atoms in total. The maximum Gasteiger partial charge on any atom is 0.303 e. The van der Waals surface area contributed by atoms with Gasteiger partial charge < -0.3 is 10.2 Å². The van der Waals surface area contributed by atoms with Gasteiger partial charge in [0.2, 0.25) is 0 Å². The topological polar surface area (TPSA) is 74.6 Å². The number of hydrogen-bond acceptors (Lipinski definition) is 2. The quantitative estimate of drug-likeness (QED) is 0.714. The molecule has 0 rings (SSSR count). The minimum Gasteiger partial charge on any atom is -0.481 e. The summed E-state index contributed by atoms with van der Waals surface area (Å²) >= 11 is 0. The van der Waals surface area contributed by atoms with Gasteiger partial charge in [0.05, 0.1) is 0 Å². The third kappa shape index (κ3) is 13.1. The Bertz CT molecular complexity index is 130. The van der Waals surface area contributed by atoms with Crippen molar-refractivity contribution in [2.45, 2.75) is 32.1 Å². The van der Waals surface area contributed by atoms with E-state index in [4.69, 9.17) is 10.2 Å². The van der Waals surface area contributed by atoms with Gasteiger partial charge in [0.1, 0.15) is 0 Å². The van der Waals surface area contributed by atoms with Crippen LogP contribution in [0.4, 0.5) is 0 Å². The van der Waals surface area contributed by atoms with Gasteiger partial charge in [-0.1, -0.05) is 6.42 Å². The summed E-state index contributed by atoms with van der Waals surface area (Å²) < 4.78 is 0. The van der Waals surface area contributed by atoms with Gasteiger partial charge in [-0.25, -0.2) is 0 Å². The van der Waals surface area contributed by atoms with E-state index in [1.54, 1.807) is 0 Å². The van der Waals surface area contributed by atoms with Gasteiger partial charge in [0, 0.05) is 59.8 Å². The van der Waals surface area contributed by atoms with Crippen LogP contribution in [-0.2, 0) is 9.59 Å². The molecule has 12 heavy (non-hydrogen) atoms. The van der Waals surface area contributed by atoms with Crippen LogP contribution in [0.1, 0.15) is 32.1 Å². The van der Waals surface area contributed by atoms with E-state index >= 15 is 0 Å². The van der Waals surface area contributed by atoms with E-state index in [-0.39, 0.29) is 59.8 Å². The Morgan fingerprint density at radius 2 is 1.17 bits per heavy atom. The van der Waals surface area contributed by atoms with Crippen molar-refractivity contribution < 1.29 is 66.7 Å². The second-order valence-electron chi connectivity index (χ2n) is 2.35. The SMILES string of the molecule is O=C(O)CCCCCC(=O)O.[Yb]. The molecular formula is C7H12O4Yb. The molecule has 2 N–H and O–H groups in total. The second-order valence-corrected chi connectivity index (χ2v) is 2.35. The van der Waals surface area contributed by atoms with Crippen LogP contribution in [0.3, 0.4) is 0 Å². The molecule has 0 aliphatic carbocycles. The van der Waals surface area contributed by atoms with E-state index in [1.165, 1.54) is 0 Å². The van der Waals surface area contributed by atoms with Crippen molar-refractivity contribution in [3.05, 3.63) is 0 Å². The fraction of sp³-hybridized carbons (Fsp3) is 0.714. The smallest absolute Gasteiger partial charge is 0.303 e. The predicted molar refractivity (Wildman–Crippen MR) is 38.4 cm³/mol. The average Bonchev–Trinajstić information content (AvgIpc) is 1.85. The van der Waals surface area contributed by atoms with Crippen LogP contribution >= 0.6 is 0 Å². The summed E-state index contributed by atoms with van der Waals surface area (Å²) in [5, 5.41) is 16.4. The van der Waals surface area contributed by atoms with Crippen LogP contribution in [0.25, 0.3) is 0 Å². The Labute approximate surface area is 110 Å². The number of hydrogen-bond donors (Lipinski definition) is 2. The van der Waals surface area contributed by atoms with E-state index < -0.39 is 11.9 Å². The summed E-state index contributed by atoms with van der Waals surface area (Å²) in [5.41, 5.74) is 0. The summed E-state index contributed by atoms with van der Waals surface area (Å²) in [7, 11) is 0. The Hall–Kier alpha value is 0.459. The molecule has 0 saturated carbocycles. The number of carbonyl (C=O) groups is 2. The fourth-order valence-electron chi connectivity index (χ4n) is 0.729. The molecule has 0 heterocycles. The molecule has 0 saturated heterocycles. The zero-order valence-electron chi connectivity index (χ0n) is 6.51. The molecule has 0 aliphatic rings. The molecule has 0 spiro atoms. The van der Waals surface area contributed by atoms with Crippen molar-refractivity contribution >= 4 is 11.9 Å². The minimum absolute atomic E-state index is 0. The molecule has 0 atom stereocenters. The van der Waals surface area contributed by atoms with Gasteiger partial charge in [-0.2, -0.15) is 0 Å². The minimum atomic E-state index is -0.819. The fourth-order valence-corrected chi connectivity index (χ4v) is 0.729. The van der Waals surface area contributed by atoms with Crippen LogP contribution in [0.2, 0.25) is 0 Å². The van der Waals surface area contributed by atoms with Crippen molar-refractivity contribution in [3.8, 4) is 0 Å². The molecule has 0 bridgehead atoms. The van der Waals surface area contributed by atoms with Crippen LogP contribution in [0, 0.1) is 46.9 Å². The van der Waals surface area contributed by atoms with Crippen molar-refractivity contribution in [1.29, 1.82) is 0 Å². The van der Waals surface area contributed by atoms with Gasteiger partial charge >= 0.3 is 11.9 Å². The maximum atomic E-state index is 9.98. The number of rotatable bonds is 6. The molecule has 0 radical (unpaired) electrons. The number of aliphatic carboxylic acids is 2. The van der Waals surface area contributed by atoms with Crippen molar-refractivity contribution in [2.24, 2.45) is 0 Å². The van der Waals surface area contributed by atoms with E-state index in [1.807, 2.05) is 0 Å². The van der Waals surface area contributed by atoms with E-state index in [2.05, 4.69) is 0 Å². The molecule has 78 valence electrons. The molecule has 0 fully saturated rings. The molecule has 0 aromatic rings. The van der Waals surface area contributed by atoms with E-state index in [9.17, 15) is 9.59 Å². The first-order chi connectivity index (χ1) is 5.13. The zero-order chi connectivity index (χ0) is 8.69. The molecule has 0 aromatic carbocycles. The van der Waals surface area contributed by atoms with Crippen LogP contribution in [0.5, 0.6) is 0 Å². The third-order valence-corrected chi connectivity index (χ3v) is 1.28. The van der Waals surface area contributed by atoms with Crippen LogP contribution in [0.15, 0.2) is 0 Å². The Kier molecular flexibility index (Phi) is 11.9. The summed E-state index contributed by atoms with van der Waals surface area (Å²) in [5.74, 6) is -1.64. The molecule has 0 aliphatic heterocycles. The predicted octanol–water partition coefficient (Wildman–Crippen LogP) is 1.11. The number of carboxylic acids is 2. The molecule has 5 heteroatoms. The van der Waals surface area contributed by atoms with Crippen molar-refractivity contribution in [2.75, 3.05) is 0 Å². The molecule has 0 amide bonds. The Morgan fingerprint density at radius 3 is 1.42 bits per heavy atom. The first kappa shape index (κ1) is 15.0. The average molecular weight is 333 g/mol. The molecule has 0 unspecified atom stereocenters. The van der Waals surface area contributed by atoms with Gasteiger partial charge in [-0.05, 0) is 12.8 Å². The normalized spacial score (nSPS) is 8.67. The van der Waals surface area contributed by atoms with Gasteiger partial charge in [-0.15, -0.1) is 0 Å². The Morgan fingerprint density at radius 1 is 0.833 bits per heavy atom. The third-order valence-electron chi connectivity index (χ3n) is 1.28.